The highest BCUT2D eigenvalue weighted by Crippen LogP contribution is 2.33. The monoisotopic (exact) mass is 500 g/mol. The summed E-state index contributed by atoms with van der Waals surface area (Å²) in [4.78, 5) is 6.98. The van der Waals surface area contributed by atoms with E-state index >= 15 is 0 Å². The lowest BCUT2D eigenvalue weighted by atomic mass is 9.95. The van der Waals surface area contributed by atoms with E-state index in [1.165, 1.54) is 17.9 Å². The lowest BCUT2D eigenvalue weighted by molar-refractivity contribution is -0.0120. The molecule has 2 N–H and O–H groups in total. The van der Waals surface area contributed by atoms with Gasteiger partial charge in [0.25, 0.3) is 0 Å². The normalized spacial score (nSPS) is 24.5. The highest BCUT2D eigenvalue weighted by molar-refractivity contribution is 14.0. The van der Waals surface area contributed by atoms with E-state index < -0.39 is 0 Å². The molecule has 0 aromatic rings. The fourth-order valence-electron chi connectivity index (χ4n) is 3.27. The van der Waals surface area contributed by atoms with Crippen molar-refractivity contribution in [3.8, 4) is 0 Å². The molecule has 2 heterocycles. The third-order valence-corrected chi connectivity index (χ3v) is 6.19. The van der Waals surface area contributed by atoms with Crippen LogP contribution >= 0.6 is 35.7 Å². The molecule has 2 saturated heterocycles. The standard InChI is InChI=1S/C18H36N4O2S.HI/c1-16(2)4-9-23-10-6-20-17(19-3)21-14-18(5-13-25-15-18)22-7-11-24-12-8-22;/h16H,4-15H2,1-3H3,(H2,19,20,21);1H. The molecular formula is C18H37IN4O2S. The van der Waals surface area contributed by atoms with Crippen molar-refractivity contribution in [2.45, 2.75) is 32.2 Å². The Bertz CT molecular complexity index is 401. The molecule has 1 unspecified atom stereocenters. The number of ether oxygens (including phenoxy) is 2. The molecule has 0 saturated carbocycles. The zero-order valence-electron chi connectivity index (χ0n) is 16.6. The Morgan fingerprint density at radius 3 is 2.65 bits per heavy atom. The van der Waals surface area contributed by atoms with Crippen molar-refractivity contribution in [3.63, 3.8) is 0 Å². The molecule has 2 aliphatic heterocycles. The third-order valence-electron chi connectivity index (χ3n) is 4.95. The first-order valence-corrected chi connectivity index (χ1v) is 10.7. The molecule has 0 spiro atoms. The van der Waals surface area contributed by atoms with Crippen LogP contribution in [-0.4, -0.2) is 87.6 Å². The van der Waals surface area contributed by atoms with Crippen molar-refractivity contribution in [3.05, 3.63) is 0 Å². The molecule has 6 nitrogen and oxygen atoms in total. The van der Waals surface area contributed by atoms with Gasteiger partial charge in [-0.1, -0.05) is 13.8 Å². The Morgan fingerprint density at radius 2 is 2.04 bits per heavy atom. The first kappa shape index (κ1) is 24.3. The highest BCUT2D eigenvalue weighted by atomic mass is 127. The number of morpholine rings is 1. The van der Waals surface area contributed by atoms with Gasteiger partial charge in [-0.05, 0) is 24.5 Å². The minimum atomic E-state index is 0. The number of aliphatic imine (C=N–C) groups is 1. The van der Waals surface area contributed by atoms with Crippen LogP contribution in [0.2, 0.25) is 0 Å². The van der Waals surface area contributed by atoms with Crippen molar-refractivity contribution >= 4 is 41.7 Å². The summed E-state index contributed by atoms with van der Waals surface area (Å²) < 4.78 is 11.2. The van der Waals surface area contributed by atoms with Crippen LogP contribution in [0.1, 0.15) is 26.7 Å². The van der Waals surface area contributed by atoms with E-state index in [4.69, 9.17) is 9.47 Å². The lowest BCUT2D eigenvalue weighted by Gasteiger charge is -2.43. The van der Waals surface area contributed by atoms with Crippen molar-refractivity contribution in [1.29, 1.82) is 0 Å². The zero-order chi connectivity index (χ0) is 18.0. The van der Waals surface area contributed by atoms with Gasteiger partial charge in [0.2, 0.25) is 0 Å². The maximum atomic E-state index is 5.66. The summed E-state index contributed by atoms with van der Waals surface area (Å²) in [5.41, 5.74) is 0.236. The van der Waals surface area contributed by atoms with E-state index in [1.807, 2.05) is 7.05 Å². The van der Waals surface area contributed by atoms with Crippen LogP contribution in [0.5, 0.6) is 0 Å². The predicted octanol–water partition coefficient (Wildman–Crippen LogP) is 2.04. The summed E-state index contributed by atoms with van der Waals surface area (Å²) in [5.74, 6) is 4.00. The summed E-state index contributed by atoms with van der Waals surface area (Å²) >= 11 is 2.06. The number of rotatable bonds is 9. The van der Waals surface area contributed by atoms with Gasteiger partial charge in [-0.3, -0.25) is 9.89 Å². The summed E-state index contributed by atoms with van der Waals surface area (Å²) in [6.07, 6.45) is 2.35. The van der Waals surface area contributed by atoms with Gasteiger partial charge in [0.15, 0.2) is 5.96 Å². The number of hydrogen-bond donors (Lipinski definition) is 2. The minimum absolute atomic E-state index is 0. The molecule has 2 rings (SSSR count). The number of nitrogens with zero attached hydrogens (tertiary/aromatic N) is 2. The van der Waals surface area contributed by atoms with E-state index in [-0.39, 0.29) is 29.5 Å². The van der Waals surface area contributed by atoms with Crippen molar-refractivity contribution in [2.24, 2.45) is 10.9 Å². The van der Waals surface area contributed by atoms with E-state index in [2.05, 4.69) is 46.1 Å². The largest absolute Gasteiger partial charge is 0.380 e. The molecule has 0 bridgehead atoms. The minimum Gasteiger partial charge on any atom is -0.380 e. The first-order valence-electron chi connectivity index (χ1n) is 9.59. The Hall–Kier alpha value is 0.230. The molecule has 2 aliphatic rings. The maximum absolute atomic E-state index is 5.66. The summed E-state index contributed by atoms with van der Waals surface area (Å²) in [6.45, 7) is 11.5. The maximum Gasteiger partial charge on any atom is 0.191 e. The number of halogens is 1. The second-order valence-electron chi connectivity index (χ2n) is 7.27. The number of thioether (sulfide) groups is 1. The second-order valence-corrected chi connectivity index (χ2v) is 8.38. The molecule has 0 radical (unpaired) electrons. The van der Waals surface area contributed by atoms with E-state index in [1.54, 1.807) is 0 Å². The average Bonchev–Trinajstić information content (AvgIpc) is 3.11. The van der Waals surface area contributed by atoms with Crippen LogP contribution in [-0.2, 0) is 9.47 Å². The van der Waals surface area contributed by atoms with Gasteiger partial charge in [-0.15, -0.1) is 24.0 Å². The van der Waals surface area contributed by atoms with Gasteiger partial charge >= 0.3 is 0 Å². The molecule has 8 heteroatoms. The Kier molecular flexibility index (Phi) is 12.5. The van der Waals surface area contributed by atoms with Crippen molar-refractivity contribution in [2.75, 3.05) is 71.2 Å². The van der Waals surface area contributed by atoms with Crippen LogP contribution in [0.3, 0.4) is 0 Å². The number of hydrogen-bond acceptors (Lipinski definition) is 5. The molecule has 0 aromatic heterocycles. The molecule has 26 heavy (non-hydrogen) atoms. The Morgan fingerprint density at radius 1 is 1.27 bits per heavy atom. The number of guanidine groups is 1. The van der Waals surface area contributed by atoms with E-state index in [0.717, 1.165) is 65.0 Å². The molecule has 2 fully saturated rings. The van der Waals surface area contributed by atoms with Crippen molar-refractivity contribution in [1.82, 2.24) is 15.5 Å². The van der Waals surface area contributed by atoms with Crippen LogP contribution in [0.4, 0.5) is 0 Å². The Labute approximate surface area is 180 Å². The van der Waals surface area contributed by atoms with Crippen LogP contribution in [0.15, 0.2) is 4.99 Å². The SMILES string of the molecule is CN=C(NCCOCCC(C)C)NCC1(N2CCOCC2)CCSC1.I. The molecule has 1 atom stereocenters. The third kappa shape index (κ3) is 8.08. The van der Waals surface area contributed by atoms with Crippen LogP contribution < -0.4 is 10.6 Å². The van der Waals surface area contributed by atoms with Gasteiger partial charge in [0.1, 0.15) is 0 Å². The first-order chi connectivity index (χ1) is 12.2. The highest BCUT2D eigenvalue weighted by Gasteiger charge is 2.40. The number of nitrogens with one attached hydrogen (secondary N) is 2. The average molecular weight is 500 g/mol. The summed E-state index contributed by atoms with van der Waals surface area (Å²) in [6, 6.07) is 0. The van der Waals surface area contributed by atoms with E-state index in [0.29, 0.717) is 5.92 Å². The molecule has 0 aromatic carbocycles. The molecule has 0 aliphatic carbocycles. The topological polar surface area (TPSA) is 58.1 Å². The molecular weight excluding hydrogens is 463 g/mol. The van der Waals surface area contributed by atoms with Gasteiger partial charge in [0.05, 0.1) is 19.8 Å². The lowest BCUT2D eigenvalue weighted by Crippen LogP contribution is -2.60. The summed E-state index contributed by atoms with van der Waals surface area (Å²) in [5, 5.41) is 6.91. The predicted molar refractivity (Wildman–Crippen MR) is 122 cm³/mol. The van der Waals surface area contributed by atoms with Crippen LogP contribution in [0.25, 0.3) is 0 Å². The quantitative estimate of drug-likeness (QED) is 0.219. The van der Waals surface area contributed by atoms with Crippen molar-refractivity contribution < 1.29 is 9.47 Å². The van der Waals surface area contributed by atoms with Crippen LogP contribution in [0, 0.1) is 5.92 Å². The van der Waals surface area contributed by atoms with Gasteiger partial charge in [-0.2, -0.15) is 11.8 Å². The van der Waals surface area contributed by atoms with Gasteiger partial charge < -0.3 is 20.1 Å². The van der Waals surface area contributed by atoms with E-state index in [9.17, 15) is 0 Å². The van der Waals surface area contributed by atoms with Gasteiger partial charge in [0, 0.05) is 51.1 Å². The Balaban J connectivity index is 0.00000338. The molecule has 154 valence electrons. The fraction of sp³-hybridized carbons (Fsp3) is 0.944. The van der Waals surface area contributed by atoms with Gasteiger partial charge in [-0.25, -0.2) is 0 Å². The molecule has 0 amide bonds. The zero-order valence-corrected chi connectivity index (χ0v) is 19.7. The second kappa shape index (κ2) is 13.4. The summed E-state index contributed by atoms with van der Waals surface area (Å²) in [7, 11) is 1.83. The smallest absolute Gasteiger partial charge is 0.191 e. The fourth-order valence-corrected chi connectivity index (χ4v) is 4.74.